The number of esters is 2. The first-order valence-electron chi connectivity index (χ1n) is 13.8. The Morgan fingerprint density at radius 2 is 1.73 bits per heavy atom. The number of fused-ring (bicyclic) bond motifs is 2. The molecule has 1 unspecified atom stereocenters. The van der Waals surface area contributed by atoms with Gasteiger partial charge in [0.05, 0.1) is 49.3 Å². The van der Waals surface area contributed by atoms with Crippen LogP contribution in [0, 0.1) is 5.82 Å². The Kier molecular flexibility index (Phi) is 7.67. The van der Waals surface area contributed by atoms with Gasteiger partial charge < -0.3 is 19.1 Å². The molecular weight excluding hydrogens is 601 g/mol. The molecule has 3 heterocycles. The number of halogens is 1. The maximum atomic E-state index is 14.4. The normalized spacial score (nSPS) is 16.6. The topological polar surface area (TPSA) is 117 Å². The first-order chi connectivity index (χ1) is 21.6. The Labute approximate surface area is 259 Å². The van der Waals surface area contributed by atoms with Crippen LogP contribution in [0.25, 0.3) is 5.57 Å². The van der Waals surface area contributed by atoms with E-state index in [1.54, 1.807) is 60.4 Å². The zero-order valence-corrected chi connectivity index (χ0v) is 25.4. The summed E-state index contributed by atoms with van der Waals surface area (Å²) < 4.78 is 30.9. The lowest BCUT2D eigenvalue weighted by Gasteiger charge is -2.25. The Morgan fingerprint density at radius 3 is 2.42 bits per heavy atom. The molecule has 2 aliphatic heterocycles. The van der Waals surface area contributed by atoms with E-state index in [9.17, 15) is 23.6 Å². The molecule has 1 aromatic heterocycles. The van der Waals surface area contributed by atoms with E-state index in [0.29, 0.717) is 28.1 Å². The highest BCUT2D eigenvalue weighted by atomic mass is 32.1. The molecular formula is C33H26FN3O7S. The van der Waals surface area contributed by atoms with Gasteiger partial charge in [-0.3, -0.25) is 19.0 Å². The summed E-state index contributed by atoms with van der Waals surface area (Å²) in [5, 5.41) is 0. The number of nitrogens with zero attached hydrogens (tertiary/aromatic N) is 3. The summed E-state index contributed by atoms with van der Waals surface area (Å²) in [5.74, 6) is -1.63. The van der Waals surface area contributed by atoms with Crippen molar-refractivity contribution >= 4 is 40.4 Å². The van der Waals surface area contributed by atoms with Gasteiger partial charge in [0.15, 0.2) is 16.3 Å². The number of carbonyl (C=O) groups is 3. The Balaban J connectivity index is 1.56. The van der Waals surface area contributed by atoms with Crippen LogP contribution < -0.4 is 29.3 Å². The van der Waals surface area contributed by atoms with E-state index in [0.717, 1.165) is 11.3 Å². The van der Waals surface area contributed by atoms with Crippen LogP contribution in [0.1, 0.15) is 36.6 Å². The third-order valence-corrected chi connectivity index (χ3v) is 8.62. The maximum Gasteiger partial charge on any atom is 0.338 e. The maximum absolute atomic E-state index is 14.4. The molecule has 0 saturated carbocycles. The summed E-state index contributed by atoms with van der Waals surface area (Å²) in [6.07, 6.45) is 0. The van der Waals surface area contributed by atoms with Gasteiger partial charge in [-0.25, -0.2) is 14.2 Å². The molecule has 0 saturated heterocycles. The summed E-state index contributed by atoms with van der Waals surface area (Å²) in [7, 11) is 2.64. The number of aromatic nitrogens is 1. The Bertz CT molecular complexity index is 2110. The molecule has 0 aliphatic carbocycles. The van der Waals surface area contributed by atoms with Crippen molar-refractivity contribution in [3.05, 3.63) is 120 Å². The number of allylic oxidation sites excluding steroid dienone is 1. The number of benzene rings is 3. The average Bonchev–Trinajstić information content (AvgIpc) is 3.49. The number of ether oxygens (including phenoxy) is 3. The van der Waals surface area contributed by atoms with Crippen molar-refractivity contribution in [2.75, 3.05) is 19.1 Å². The Morgan fingerprint density at radius 1 is 1.00 bits per heavy atom. The van der Waals surface area contributed by atoms with Crippen LogP contribution in [0.4, 0.5) is 10.1 Å². The number of carbonyl (C=O) groups excluding carboxylic acids is 3. The number of methoxy groups -OCH3 is 2. The highest BCUT2D eigenvalue weighted by Gasteiger charge is 2.37. The number of para-hydroxylation sites is 1. The molecule has 45 heavy (non-hydrogen) atoms. The van der Waals surface area contributed by atoms with E-state index >= 15 is 0 Å². The minimum Gasteiger partial charge on any atom is -0.493 e. The lowest BCUT2D eigenvalue weighted by Crippen LogP contribution is -2.40. The summed E-state index contributed by atoms with van der Waals surface area (Å²) >= 11 is 1.04. The van der Waals surface area contributed by atoms with Crippen molar-refractivity contribution in [2.45, 2.75) is 26.4 Å². The number of amides is 1. The van der Waals surface area contributed by atoms with Crippen LogP contribution in [-0.4, -0.2) is 36.6 Å². The van der Waals surface area contributed by atoms with Crippen molar-refractivity contribution in [1.82, 2.24) is 4.57 Å². The van der Waals surface area contributed by atoms with E-state index in [4.69, 9.17) is 14.2 Å². The van der Waals surface area contributed by atoms with Crippen LogP contribution >= 0.6 is 11.3 Å². The van der Waals surface area contributed by atoms with Gasteiger partial charge in [0.25, 0.3) is 11.5 Å². The van der Waals surface area contributed by atoms with Crippen LogP contribution in [-0.2, 0) is 25.7 Å². The van der Waals surface area contributed by atoms with E-state index < -0.39 is 29.4 Å². The predicted molar refractivity (Wildman–Crippen MR) is 163 cm³/mol. The molecule has 1 atom stereocenters. The molecule has 1 amide bonds. The third kappa shape index (κ3) is 5.12. The molecule has 0 bridgehead atoms. The molecule has 12 heteroatoms. The number of hydrogen-bond donors (Lipinski definition) is 0. The molecule has 0 radical (unpaired) electrons. The minimum atomic E-state index is -0.995. The lowest BCUT2D eigenvalue weighted by atomic mass is 9.95. The van der Waals surface area contributed by atoms with Gasteiger partial charge in [0, 0.05) is 12.5 Å². The van der Waals surface area contributed by atoms with Crippen LogP contribution in [0.5, 0.6) is 11.5 Å². The number of anilines is 1. The van der Waals surface area contributed by atoms with Gasteiger partial charge in [0.1, 0.15) is 10.3 Å². The second kappa shape index (κ2) is 11.6. The smallest absolute Gasteiger partial charge is 0.338 e. The summed E-state index contributed by atoms with van der Waals surface area (Å²) in [6, 6.07) is 16.7. The van der Waals surface area contributed by atoms with Crippen LogP contribution in [0.3, 0.4) is 0 Å². The van der Waals surface area contributed by atoms with Gasteiger partial charge in [0.2, 0.25) is 0 Å². The van der Waals surface area contributed by atoms with E-state index in [1.807, 2.05) is 0 Å². The predicted octanol–water partition coefficient (Wildman–Crippen LogP) is 3.40. The highest BCUT2D eigenvalue weighted by Crippen LogP contribution is 2.38. The van der Waals surface area contributed by atoms with E-state index in [-0.39, 0.29) is 44.3 Å². The number of hydrogen-bond acceptors (Lipinski definition) is 9. The zero-order valence-electron chi connectivity index (χ0n) is 24.6. The van der Waals surface area contributed by atoms with Gasteiger partial charge in [-0.15, -0.1) is 0 Å². The van der Waals surface area contributed by atoms with Gasteiger partial charge in [-0.1, -0.05) is 47.7 Å². The molecule has 0 spiro atoms. The van der Waals surface area contributed by atoms with Gasteiger partial charge in [-0.05, 0) is 48.4 Å². The van der Waals surface area contributed by atoms with Crippen molar-refractivity contribution in [1.29, 1.82) is 0 Å². The first kappa shape index (κ1) is 29.7. The second-order valence-electron chi connectivity index (χ2n) is 10.3. The Hall–Kier alpha value is -5.36. The van der Waals surface area contributed by atoms with Crippen molar-refractivity contribution in [3.8, 4) is 11.5 Å². The highest BCUT2D eigenvalue weighted by molar-refractivity contribution is 7.07. The van der Waals surface area contributed by atoms with Gasteiger partial charge >= 0.3 is 11.9 Å². The lowest BCUT2D eigenvalue weighted by molar-refractivity contribution is -0.136. The van der Waals surface area contributed by atoms with Crippen molar-refractivity contribution in [2.24, 2.45) is 4.99 Å². The van der Waals surface area contributed by atoms with Crippen LogP contribution in [0.15, 0.2) is 87.8 Å². The SMILES string of the molecule is COC(=O)C1=C(C)N=c2sc(=C3C(=O)N(Cc4ccc(F)cc4)c4ccccc43)c(=O)n2C1c1ccc(OC(C)=O)c(OC)c1. The molecule has 4 aromatic rings. The van der Waals surface area contributed by atoms with E-state index in [2.05, 4.69) is 4.99 Å². The largest absolute Gasteiger partial charge is 0.493 e. The summed E-state index contributed by atoms with van der Waals surface area (Å²) in [4.78, 5) is 59.6. The number of thiazole rings is 1. The monoisotopic (exact) mass is 627 g/mol. The first-order valence-corrected chi connectivity index (χ1v) is 14.6. The van der Waals surface area contributed by atoms with Crippen LogP contribution in [0.2, 0.25) is 0 Å². The fourth-order valence-electron chi connectivity index (χ4n) is 5.58. The van der Waals surface area contributed by atoms with Crippen molar-refractivity contribution < 1.29 is 33.0 Å². The molecule has 0 N–H and O–H groups in total. The quantitative estimate of drug-likeness (QED) is 0.238. The summed E-state index contributed by atoms with van der Waals surface area (Å²) in [5.41, 5.74) is 2.51. The zero-order chi connectivity index (χ0) is 32.0. The molecule has 6 rings (SSSR count). The molecule has 228 valence electrons. The molecule has 10 nitrogen and oxygen atoms in total. The second-order valence-corrected chi connectivity index (χ2v) is 11.3. The molecule has 3 aromatic carbocycles. The average molecular weight is 628 g/mol. The van der Waals surface area contributed by atoms with E-state index in [1.165, 1.54) is 43.9 Å². The standard InChI is InChI=1S/C33H26FN3O7S/c1-17-26(32(41)43-4)28(20-11-14-24(44-18(2)38)25(15-20)42-3)37-31(40)29(45-33(37)35-17)27-22-7-5-6-8-23(22)36(30(27)39)16-19-9-12-21(34)13-10-19/h5-15,28H,16H2,1-4H3. The molecule has 0 fully saturated rings. The van der Waals surface area contributed by atoms with Gasteiger partial charge in [-0.2, -0.15) is 0 Å². The number of rotatable bonds is 6. The minimum absolute atomic E-state index is 0.125. The van der Waals surface area contributed by atoms with Crippen molar-refractivity contribution in [3.63, 3.8) is 0 Å². The fraction of sp³-hybridized carbons (Fsp3) is 0.182. The third-order valence-electron chi connectivity index (χ3n) is 7.56. The fourth-order valence-corrected chi connectivity index (χ4v) is 6.72. The molecule has 2 aliphatic rings. The summed E-state index contributed by atoms with van der Waals surface area (Å²) in [6.45, 7) is 3.07.